The van der Waals surface area contributed by atoms with Crippen LogP contribution in [-0.2, 0) is 26.8 Å². The Morgan fingerprint density at radius 2 is 1.50 bits per heavy atom. The average Bonchev–Trinajstić information content (AvgIpc) is 2.49. The van der Waals surface area contributed by atoms with Gasteiger partial charge in [-0.25, -0.2) is 8.42 Å². The third-order valence-corrected chi connectivity index (χ3v) is 5.18. The van der Waals surface area contributed by atoms with Gasteiger partial charge in [-0.2, -0.15) is 0 Å². The Hall–Kier alpha value is -1.94. The highest BCUT2D eigenvalue weighted by atomic mass is 32.2. The summed E-state index contributed by atoms with van der Waals surface area (Å²) in [6.45, 7) is 1.59. The monoisotopic (exact) mass is 316 g/mol. The molecule has 0 aliphatic carbocycles. The lowest BCUT2D eigenvalue weighted by atomic mass is 10.1. The van der Waals surface area contributed by atoms with Gasteiger partial charge in [0.05, 0.1) is 10.6 Å². The summed E-state index contributed by atoms with van der Waals surface area (Å²) < 4.78 is 24.6. The molecular weight excluding hydrogens is 296 g/mol. The second-order valence-electron chi connectivity index (χ2n) is 5.44. The van der Waals surface area contributed by atoms with Crippen molar-refractivity contribution in [3.63, 3.8) is 0 Å². The molecule has 0 N–H and O–H groups in total. The predicted octanol–water partition coefficient (Wildman–Crippen LogP) is 3.57. The molecule has 0 spiro atoms. The molecule has 0 heterocycles. The third-order valence-electron chi connectivity index (χ3n) is 3.48. The molecule has 4 heteroatoms. The maximum absolute atomic E-state index is 12.3. The van der Waals surface area contributed by atoms with Crippen molar-refractivity contribution >= 4 is 15.6 Å². The molecule has 0 amide bonds. The molecule has 22 heavy (non-hydrogen) atoms. The van der Waals surface area contributed by atoms with E-state index in [1.807, 2.05) is 24.3 Å². The summed E-state index contributed by atoms with van der Waals surface area (Å²) in [5, 5.41) is 0. The van der Waals surface area contributed by atoms with Crippen molar-refractivity contribution in [3.05, 3.63) is 65.7 Å². The van der Waals surface area contributed by atoms with Crippen LogP contribution in [0, 0.1) is 0 Å². The average molecular weight is 316 g/mol. The summed E-state index contributed by atoms with van der Waals surface area (Å²) in [6.07, 6.45) is 2.26. The Balaban J connectivity index is 2.01. The van der Waals surface area contributed by atoms with Crippen LogP contribution in [0.4, 0.5) is 0 Å². The number of ketones is 1. The Morgan fingerprint density at radius 3 is 2.09 bits per heavy atom. The number of aryl methyl sites for hydroxylation is 1. The Morgan fingerprint density at radius 1 is 0.909 bits per heavy atom. The first-order chi connectivity index (χ1) is 10.5. The van der Waals surface area contributed by atoms with Gasteiger partial charge in [0, 0.05) is 6.42 Å². The van der Waals surface area contributed by atoms with Crippen LogP contribution in [-0.4, -0.2) is 14.2 Å². The number of sulfone groups is 1. The zero-order valence-corrected chi connectivity index (χ0v) is 13.5. The minimum atomic E-state index is -3.30. The zero-order valence-electron chi connectivity index (χ0n) is 12.7. The fourth-order valence-electron chi connectivity index (χ4n) is 2.27. The van der Waals surface area contributed by atoms with Crippen LogP contribution in [0.15, 0.2) is 59.5 Å². The van der Waals surface area contributed by atoms with Crippen molar-refractivity contribution < 1.29 is 13.2 Å². The number of carbonyl (C=O) groups is 1. The van der Waals surface area contributed by atoms with E-state index in [0.29, 0.717) is 11.3 Å². The molecule has 2 rings (SSSR count). The summed E-state index contributed by atoms with van der Waals surface area (Å²) >= 11 is 0. The number of carbonyl (C=O) groups excluding carboxylic acids is 1. The van der Waals surface area contributed by atoms with E-state index >= 15 is 0 Å². The fourth-order valence-corrected chi connectivity index (χ4v) is 3.64. The summed E-state index contributed by atoms with van der Waals surface area (Å²) in [4.78, 5) is 11.3. The van der Waals surface area contributed by atoms with E-state index in [4.69, 9.17) is 0 Å². The van der Waals surface area contributed by atoms with Crippen molar-refractivity contribution in [1.82, 2.24) is 0 Å². The number of rotatable bonds is 7. The van der Waals surface area contributed by atoms with Crippen LogP contribution in [0.5, 0.6) is 0 Å². The van der Waals surface area contributed by atoms with Gasteiger partial charge in [-0.05, 0) is 43.0 Å². The SMILES string of the molecule is CC(=O)CCCc1ccc(CS(=O)(=O)c2ccccc2)cc1. The van der Waals surface area contributed by atoms with Gasteiger partial charge in [0.15, 0.2) is 9.84 Å². The van der Waals surface area contributed by atoms with E-state index in [9.17, 15) is 13.2 Å². The lowest BCUT2D eigenvalue weighted by Gasteiger charge is -2.06. The van der Waals surface area contributed by atoms with Gasteiger partial charge in [0.1, 0.15) is 5.78 Å². The molecule has 0 saturated carbocycles. The molecular formula is C18H20O3S. The Bertz CT molecular complexity index is 717. The highest BCUT2D eigenvalue weighted by molar-refractivity contribution is 7.90. The highest BCUT2D eigenvalue weighted by Crippen LogP contribution is 2.17. The van der Waals surface area contributed by atoms with E-state index in [0.717, 1.165) is 24.0 Å². The number of Topliss-reactive ketones (excluding diaryl/α,β-unsaturated/α-hetero) is 1. The maximum Gasteiger partial charge on any atom is 0.182 e. The minimum absolute atomic E-state index is 0.00470. The molecule has 0 bridgehead atoms. The second-order valence-corrected chi connectivity index (χ2v) is 7.43. The number of hydrogen-bond donors (Lipinski definition) is 0. The van der Waals surface area contributed by atoms with Gasteiger partial charge >= 0.3 is 0 Å². The second kappa shape index (κ2) is 7.36. The minimum Gasteiger partial charge on any atom is -0.300 e. The van der Waals surface area contributed by atoms with E-state index < -0.39 is 9.84 Å². The molecule has 2 aromatic rings. The first-order valence-electron chi connectivity index (χ1n) is 7.32. The highest BCUT2D eigenvalue weighted by Gasteiger charge is 2.14. The molecule has 116 valence electrons. The van der Waals surface area contributed by atoms with Gasteiger partial charge in [-0.3, -0.25) is 0 Å². The standard InChI is InChI=1S/C18H20O3S/c1-15(19)6-5-7-16-10-12-17(13-11-16)14-22(20,21)18-8-3-2-4-9-18/h2-4,8-13H,5-7,14H2,1H3. The molecule has 0 saturated heterocycles. The molecule has 0 fully saturated rings. The lowest BCUT2D eigenvalue weighted by molar-refractivity contribution is -0.117. The zero-order chi connectivity index (χ0) is 16.0. The molecule has 2 aromatic carbocycles. The van der Waals surface area contributed by atoms with Crippen LogP contribution in [0.2, 0.25) is 0 Å². The van der Waals surface area contributed by atoms with E-state index in [1.165, 1.54) is 0 Å². The Labute approximate surface area is 131 Å². The van der Waals surface area contributed by atoms with Gasteiger partial charge in [0.2, 0.25) is 0 Å². The molecule has 0 radical (unpaired) electrons. The first-order valence-corrected chi connectivity index (χ1v) is 8.98. The predicted molar refractivity (Wildman–Crippen MR) is 87.4 cm³/mol. The topological polar surface area (TPSA) is 51.2 Å². The maximum atomic E-state index is 12.3. The number of hydrogen-bond acceptors (Lipinski definition) is 3. The van der Waals surface area contributed by atoms with Crippen molar-refractivity contribution in [2.75, 3.05) is 0 Å². The van der Waals surface area contributed by atoms with Crippen LogP contribution in [0.1, 0.15) is 30.9 Å². The molecule has 0 atom stereocenters. The molecule has 0 aromatic heterocycles. The molecule has 0 aliphatic rings. The summed E-state index contributed by atoms with van der Waals surface area (Å²) in [6, 6.07) is 16.1. The van der Waals surface area contributed by atoms with Gasteiger partial charge < -0.3 is 4.79 Å². The van der Waals surface area contributed by atoms with Crippen molar-refractivity contribution in [2.45, 2.75) is 36.8 Å². The van der Waals surface area contributed by atoms with Crippen LogP contribution >= 0.6 is 0 Å². The molecule has 0 unspecified atom stereocenters. The van der Waals surface area contributed by atoms with E-state index in [1.54, 1.807) is 37.3 Å². The van der Waals surface area contributed by atoms with E-state index in [-0.39, 0.29) is 11.5 Å². The quantitative estimate of drug-likeness (QED) is 0.784. The summed E-state index contributed by atoms with van der Waals surface area (Å²) in [5.74, 6) is 0.204. The van der Waals surface area contributed by atoms with Crippen LogP contribution in [0.25, 0.3) is 0 Å². The first kappa shape index (κ1) is 16.4. The molecule has 0 aliphatic heterocycles. The smallest absolute Gasteiger partial charge is 0.182 e. The largest absolute Gasteiger partial charge is 0.300 e. The number of benzene rings is 2. The fraction of sp³-hybridized carbons (Fsp3) is 0.278. The normalized spacial score (nSPS) is 11.3. The lowest BCUT2D eigenvalue weighted by Crippen LogP contribution is -2.04. The Kier molecular flexibility index (Phi) is 5.50. The van der Waals surface area contributed by atoms with Gasteiger partial charge in [-0.1, -0.05) is 42.5 Å². The van der Waals surface area contributed by atoms with Gasteiger partial charge in [-0.15, -0.1) is 0 Å². The third kappa shape index (κ3) is 4.81. The van der Waals surface area contributed by atoms with Crippen molar-refractivity contribution in [2.24, 2.45) is 0 Å². The van der Waals surface area contributed by atoms with Crippen LogP contribution in [0.3, 0.4) is 0 Å². The van der Waals surface area contributed by atoms with Gasteiger partial charge in [0.25, 0.3) is 0 Å². The summed E-state index contributed by atoms with van der Waals surface area (Å²) in [7, 11) is -3.30. The van der Waals surface area contributed by atoms with E-state index in [2.05, 4.69) is 0 Å². The van der Waals surface area contributed by atoms with Crippen LogP contribution < -0.4 is 0 Å². The van der Waals surface area contributed by atoms with Crippen molar-refractivity contribution in [3.8, 4) is 0 Å². The summed E-state index contributed by atoms with van der Waals surface area (Å²) in [5.41, 5.74) is 1.90. The molecule has 3 nitrogen and oxygen atoms in total. The van der Waals surface area contributed by atoms with Crippen molar-refractivity contribution in [1.29, 1.82) is 0 Å².